The third kappa shape index (κ3) is 1.93. The molecule has 0 unspecified atom stereocenters. The van der Waals surface area contributed by atoms with Crippen molar-refractivity contribution >= 4 is 0 Å². The highest BCUT2D eigenvalue weighted by Gasteiger charge is 2.47. The third-order valence-corrected chi connectivity index (χ3v) is 4.50. The molecule has 0 N–H and O–H groups in total. The molecule has 1 aliphatic rings. The zero-order valence-electron chi connectivity index (χ0n) is 11.5. The Morgan fingerprint density at radius 3 is 2.00 bits per heavy atom. The van der Waals surface area contributed by atoms with Gasteiger partial charge in [-0.3, -0.25) is 0 Å². The lowest BCUT2D eigenvalue weighted by Crippen LogP contribution is -2.59. The minimum Gasteiger partial charge on any atom is -0.139 e. The predicted molar refractivity (Wildman–Crippen MR) is 67.5 cm³/mol. The Labute approximate surface area is 100 Å². The first-order valence-electron chi connectivity index (χ1n) is 6.66. The van der Waals surface area contributed by atoms with E-state index in [4.69, 9.17) is 0 Å². The molecule has 16 heavy (non-hydrogen) atoms. The van der Waals surface area contributed by atoms with Crippen molar-refractivity contribution < 1.29 is 5.21 Å². The topological polar surface area (TPSA) is 23.1 Å². The van der Waals surface area contributed by atoms with E-state index < -0.39 is 0 Å². The highest BCUT2D eigenvalue weighted by atomic mass is 16.5. The average molecular weight is 224 g/mol. The van der Waals surface area contributed by atoms with Crippen LogP contribution in [0.5, 0.6) is 0 Å². The first-order valence-corrected chi connectivity index (χ1v) is 6.66. The molecule has 0 fully saturated rings. The standard InChI is InChI=1S/C14H26NO/c1-6-13(7-2)10-12(5)11-14(8-3,9-4)15(13)16/h10H,6-9,11H2,1-5H3. The maximum Gasteiger partial charge on any atom is 0.0676 e. The van der Waals surface area contributed by atoms with E-state index in [1.165, 1.54) is 10.6 Å². The van der Waals surface area contributed by atoms with Crippen LogP contribution in [-0.2, 0) is 5.21 Å². The van der Waals surface area contributed by atoms with Crippen molar-refractivity contribution in [1.29, 1.82) is 0 Å². The smallest absolute Gasteiger partial charge is 0.0676 e. The maximum absolute atomic E-state index is 12.7. The molecule has 0 saturated heterocycles. The van der Waals surface area contributed by atoms with Crippen molar-refractivity contribution in [3.05, 3.63) is 11.6 Å². The van der Waals surface area contributed by atoms with E-state index in [0.29, 0.717) is 0 Å². The van der Waals surface area contributed by atoms with Crippen molar-refractivity contribution in [2.75, 3.05) is 0 Å². The molecule has 1 aliphatic heterocycles. The molecule has 0 aliphatic carbocycles. The van der Waals surface area contributed by atoms with Crippen molar-refractivity contribution in [1.82, 2.24) is 5.06 Å². The van der Waals surface area contributed by atoms with Gasteiger partial charge in [-0.15, -0.1) is 10.3 Å². The number of hydrogen-bond acceptors (Lipinski definition) is 1. The van der Waals surface area contributed by atoms with Crippen LogP contribution in [0.4, 0.5) is 0 Å². The van der Waals surface area contributed by atoms with Gasteiger partial charge in [0.15, 0.2) is 0 Å². The van der Waals surface area contributed by atoms with E-state index in [-0.39, 0.29) is 11.1 Å². The minimum atomic E-state index is -0.256. The van der Waals surface area contributed by atoms with E-state index in [0.717, 1.165) is 32.1 Å². The third-order valence-electron chi connectivity index (χ3n) is 4.50. The molecule has 1 heterocycles. The van der Waals surface area contributed by atoms with Crippen LogP contribution >= 0.6 is 0 Å². The zero-order valence-corrected chi connectivity index (χ0v) is 11.5. The van der Waals surface area contributed by atoms with Crippen LogP contribution in [0.2, 0.25) is 0 Å². The molecule has 0 aromatic rings. The van der Waals surface area contributed by atoms with E-state index in [1.54, 1.807) is 0 Å². The molecule has 0 aromatic carbocycles. The Kier molecular flexibility index (Phi) is 4.19. The average Bonchev–Trinajstić information content (AvgIpc) is 2.32. The fourth-order valence-electron chi connectivity index (χ4n) is 3.16. The molecule has 0 spiro atoms. The molecule has 0 amide bonds. The second-order valence-electron chi connectivity index (χ2n) is 5.20. The lowest BCUT2D eigenvalue weighted by Gasteiger charge is -2.51. The second-order valence-corrected chi connectivity index (χ2v) is 5.20. The van der Waals surface area contributed by atoms with Crippen molar-refractivity contribution in [3.63, 3.8) is 0 Å². The Morgan fingerprint density at radius 2 is 1.62 bits per heavy atom. The molecule has 93 valence electrons. The lowest BCUT2D eigenvalue weighted by atomic mass is 9.74. The van der Waals surface area contributed by atoms with Gasteiger partial charge in [0.1, 0.15) is 0 Å². The van der Waals surface area contributed by atoms with E-state index in [2.05, 4.69) is 40.7 Å². The second kappa shape index (κ2) is 4.89. The van der Waals surface area contributed by atoms with Crippen LogP contribution in [-0.4, -0.2) is 16.1 Å². The van der Waals surface area contributed by atoms with Gasteiger partial charge in [0.25, 0.3) is 0 Å². The van der Waals surface area contributed by atoms with Gasteiger partial charge in [-0.1, -0.05) is 39.3 Å². The van der Waals surface area contributed by atoms with Gasteiger partial charge in [0.05, 0.1) is 11.1 Å². The van der Waals surface area contributed by atoms with Crippen molar-refractivity contribution in [3.8, 4) is 0 Å². The van der Waals surface area contributed by atoms with Gasteiger partial charge in [0, 0.05) is 0 Å². The molecule has 2 heteroatoms. The molecular weight excluding hydrogens is 198 g/mol. The number of nitrogens with zero attached hydrogens (tertiary/aromatic N) is 1. The highest BCUT2D eigenvalue weighted by Crippen LogP contribution is 2.43. The van der Waals surface area contributed by atoms with Gasteiger partial charge in [-0.05, 0) is 39.0 Å². The van der Waals surface area contributed by atoms with Gasteiger partial charge in [-0.2, -0.15) is 0 Å². The minimum absolute atomic E-state index is 0.162. The van der Waals surface area contributed by atoms with Crippen molar-refractivity contribution in [2.45, 2.75) is 77.8 Å². The highest BCUT2D eigenvalue weighted by molar-refractivity contribution is 5.21. The summed E-state index contributed by atoms with van der Waals surface area (Å²) in [6.07, 6.45) is 6.85. The largest absolute Gasteiger partial charge is 0.139 e. The number of rotatable bonds is 4. The molecule has 0 atom stereocenters. The number of hydroxylamine groups is 2. The predicted octanol–water partition coefficient (Wildman–Crippen LogP) is 4.10. The maximum atomic E-state index is 12.7. The fraction of sp³-hybridized carbons (Fsp3) is 0.857. The first kappa shape index (κ1) is 13.7. The first-order chi connectivity index (χ1) is 7.50. The molecule has 0 bridgehead atoms. The molecule has 0 saturated carbocycles. The molecule has 1 rings (SSSR count). The fourth-order valence-corrected chi connectivity index (χ4v) is 3.16. The summed E-state index contributed by atoms with van der Waals surface area (Å²) in [7, 11) is 0. The normalized spacial score (nSPS) is 24.2. The summed E-state index contributed by atoms with van der Waals surface area (Å²) >= 11 is 0. The quantitative estimate of drug-likeness (QED) is 0.659. The Hall–Kier alpha value is -0.340. The van der Waals surface area contributed by atoms with E-state index >= 15 is 0 Å². The zero-order chi connectivity index (χ0) is 12.4. The summed E-state index contributed by atoms with van der Waals surface area (Å²) in [6, 6.07) is 0. The summed E-state index contributed by atoms with van der Waals surface area (Å²) in [6.45, 7) is 10.7. The summed E-state index contributed by atoms with van der Waals surface area (Å²) in [5.74, 6) is 0. The van der Waals surface area contributed by atoms with Crippen LogP contribution in [0.3, 0.4) is 0 Å². The molecular formula is C14H26NO. The van der Waals surface area contributed by atoms with Crippen LogP contribution in [0.1, 0.15) is 66.7 Å². The van der Waals surface area contributed by atoms with Gasteiger partial charge in [0.2, 0.25) is 0 Å². The van der Waals surface area contributed by atoms with Gasteiger partial charge >= 0.3 is 0 Å². The molecule has 1 radical (unpaired) electrons. The van der Waals surface area contributed by atoms with Crippen LogP contribution in [0.15, 0.2) is 11.6 Å². The molecule has 0 aromatic heterocycles. The SMILES string of the molecule is CCC1(CC)C=C(C)CC(CC)(CC)N1[O]. The summed E-state index contributed by atoms with van der Waals surface area (Å²) in [4.78, 5) is 0. The van der Waals surface area contributed by atoms with E-state index in [1.807, 2.05) is 0 Å². The summed E-state index contributed by atoms with van der Waals surface area (Å²) in [5.41, 5.74) is 0.971. The van der Waals surface area contributed by atoms with Crippen molar-refractivity contribution in [2.24, 2.45) is 0 Å². The summed E-state index contributed by atoms with van der Waals surface area (Å²) < 4.78 is 0. The van der Waals surface area contributed by atoms with E-state index in [9.17, 15) is 5.21 Å². The Bertz CT molecular complexity index is 262. The van der Waals surface area contributed by atoms with Gasteiger partial charge < -0.3 is 0 Å². The van der Waals surface area contributed by atoms with Crippen LogP contribution in [0.25, 0.3) is 0 Å². The van der Waals surface area contributed by atoms with Gasteiger partial charge in [-0.25, -0.2) is 0 Å². The Balaban J connectivity index is 3.19. The monoisotopic (exact) mass is 224 g/mol. The lowest BCUT2D eigenvalue weighted by molar-refractivity contribution is -0.284. The molecule has 2 nitrogen and oxygen atoms in total. The summed E-state index contributed by atoms with van der Waals surface area (Å²) in [5, 5.41) is 14.1. The number of hydrogen-bond donors (Lipinski definition) is 0. The van der Waals surface area contributed by atoms with Crippen LogP contribution < -0.4 is 0 Å². The van der Waals surface area contributed by atoms with Crippen LogP contribution in [0, 0.1) is 0 Å². The Morgan fingerprint density at radius 1 is 1.12 bits per heavy atom.